The Bertz CT molecular complexity index is 1590. The van der Waals surface area contributed by atoms with Crippen molar-refractivity contribution in [3.63, 3.8) is 0 Å². The molecule has 8 nitrogen and oxygen atoms in total. The Morgan fingerprint density at radius 1 is 0.889 bits per heavy atom. The number of benzene rings is 3. The van der Waals surface area contributed by atoms with E-state index in [4.69, 9.17) is 0 Å². The zero-order valence-electron chi connectivity index (χ0n) is 19.3. The second-order valence-electron chi connectivity index (χ2n) is 8.84. The molecule has 2 N–H and O–H groups in total. The molecule has 0 saturated carbocycles. The average molecular weight is 498 g/mol. The molecule has 0 spiro atoms. The summed E-state index contributed by atoms with van der Waals surface area (Å²) in [7, 11) is -3.61. The van der Waals surface area contributed by atoms with Gasteiger partial charge in [-0.05, 0) is 47.9 Å². The molecule has 0 fully saturated rings. The van der Waals surface area contributed by atoms with Gasteiger partial charge in [0.05, 0.1) is 22.7 Å². The van der Waals surface area contributed by atoms with Crippen LogP contribution in [0, 0.1) is 0 Å². The van der Waals surface area contributed by atoms with Crippen LogP contribution in [-0.4, -0.2) is 35.1 Å². The van der Waals surface area contributed by atoms with Gasteiger partial charge in [0.15, 0.2) is 0 Å². The third-order valence-corrected chi connectivity index (χ3v) is 8.38. The number of anilines is 3. The maximum Gasteiger partial charge on any atom is 0.243 e. The number of hydrogen-bond donors (Lipinski definition) is 2. The third kappa shape index (κ3) is 4.12. The van der Waals surface area contributed by atoms with Crippen molar-refractivity contribution in [3.8, 4) is 11.3 Å². The number of nitrogens with one attached hydrogen (secondary N) is 2. The van der Waals surface area contributed by atoms with E-state index < -0.39 is 10.0 Å². The maximum absolute atomic E-state index is 13.3. The fourth-order valence-electron chi connectivity index (χ4n) is 4.66. The Hall–Kier alpha value is -4.08. The van der Waals surface area contributed by atoms with E-state index in [1.807, 2.05) is 42.5 Å². The van der Waals surface area contributed by atoms with Crippen molar-refractivity contribution in [3.05, 3.63) is 95.7 Å². The number of rotatable bonds is 4. The zero-order chi connectivity index (χ0) is 24.7. The van der Waals surface area contributed by atoms with Crippen LogP contribution >= 0.6 is 0 Å². The van der Waals surface area contributed by atoms with Crippen molar-refractivity contribution in [2.45, 2.75) is 24.3 Å². The van der Waals surface area contributed by atoms with Crippen LogP contribution in [0.5, 0.6) is 0 Å². The molecular weight excluding hydrogens is 474 g/mol. The first kappa shape index (κ1) is 22.4. The molecule has 180 valence electrons. The van der Waals surface area contributed by atoms with E-state index >= 15 is 0 Å². The van der Waals surface area contributed by atoms with E-state index in [2.05, 4.69) is 26.7 Å². The average Bonchev–Trinajstić information content (AvgIpc) is 3.04. The van der Waals surface area contributed by atoms with E-state index in [-0.39, 0.29) is 17.2 Å². The van der Waals surface area contributed by atoms with Gasteiger partial charge >= 0.3 is 0 Å². The quantitative estimate of drug-likeness (QED) is 0.439. The molecule has 36 heavy (non-hydrogen) atoms. The summed E-state index contributed by atoms with van der Waals surface area (Å²) in [5.74, 6) is 0.251. The Kier molecular flexibility index (Phi) is 5.50. The first-order chi connectivity index (χ1) is 17.5. The molecule has 1 aromatic heterocycles. The van der Waals surface area contributed by atoms with Gasteiger partial charge in [0.1, 0.15) is 0 Å². The molecule has 0 aliphatic carbocycles. The third-order valence-electron chi connectivity index (χ3n) is 6.52. The van der Waals surface area contributed by atoms with Gasteiger partial charge in [-0.3, -0.25) is 4.79 Å². The van der Waals surface area contributed by atoms with Crippen LogP contribution in [0.2, 0.25) is 0 Å². The second kappa shape index (κ2) is 8.85. The fraction of sp³-hybridized carbons (Fsp3) is 0.148. The summed E-state index contributed by atoms with van der Waals surface area (Å²) < 4.78 is 28.0. The van der Waals surface area contributed by atoms with Crippen LogP contribution in [-0.2, 0) is 34.2 Å². The van der Waals surface area contributed by atoms with Gasteiger partial charge in [-0.1, -0.05) is 42.5 Å². The molecule has 0 bridgehead atoms. The monoisotopic (exact) mass is 497 g/mol. The lowest BCUT2D eigenvalue weighted by Gasteiger charge is -2.28. The van der Waals surface area contributed by atoms with Crippen LogP contribution in [0.3, 0.4) is 0 Å². The van der Waals surface area contributed by atoms with Gasteiger partial charge in [-0.15, -0.1) is 0 Å². The summed E-state index contributed by atoms with van der Waals surface area (Å²) in [4.78, 5) is 21.5. The highest BCUT2D eigenvalue weighted by atomic mass is 32.2. The zero-order valence-corrected chi connectivity index (χ0v) is 20.1. The number of sulfonamides is 1. The van der Waals surface area contributed by atoms with Gasteiger partial charge in [0.2, 0.25) is 21.9 Å². The van der Waals surface area contributed by atoms with E-state index in [1.165, 1.54) is 9.87 Å². The fourth-order valence-corrected chi connectivity index (χ4v) is 6.08. The lowest BCUT2D eigenvalue weighted by molar-refractivity contribution is -0.115. The maximum atomic E-state index is 13.3. The Labute approximate surface area is 209 Å². The summed E-state index contributed by atoms with van der Waals surface area (Å²) in [6.07, 6.45) is 2.55. The number of carbonyl (C=O) groups excluding carboxylic acids is 1. The van der Waals surface area contributed by atoms with Gasteiger partial charge in [0, 0.05) is 36.1 Å². The molecule has 0 unspecified atom stereocenters. The van der Waals surface area contributed by atoms with Gasteiger partial charge < -0.3 is 10.6 Å². The molecule has 1 amide bonds. The molecular formula is C27H23N5O3S. The molecule has 0 saturated heterocycles. The smallest absolute Gasteiger partial charge is 0.243 e. The minimum Gasteiger partial charge on any atom is -0.325 e. The van der Waals surface area contributed by atoms with E-state index in [0.717, 1.165) is 16.7 Å². The Balaban J connectivity index is 1.23. The molecule has 2 aliphatic heterocycles. The van der Waals surface area contributed by atoms with Crippen molar-refractivity contribution >= 4 is 33.3 Å². The summed E-state index contributed by atoms with van der Waals surface area (Å²) in [6.45, 7) is 0.835. The molecule has 2 aliphatic rings. The lowest BCUT2D eigenvalue weighted by atomic mass is 10.0. The van der Waals surface area contributed by atoms with Gasteiger partial charge in [-0.2, -0.15) is 4.31 Å². The number of aromatic nitrogens is 2. The molecule has 0 radical (unpaired) electrons. The molecule has 3 aromatic carbocycles. The first-order valence-corrected chi connectivity index (χ1v) is 13.1. The number of para-hydroxylation sites is 1. The number of hydrogen-bond acceptors (Lipinski definition) is 6. The number of fused-ring (bicyclic) bond motifs is 4. The largest absolute Gasteiger partial charge is 0.325 e. The second-order valence-corrected chi connectivity index (χ2v) is 10.8. The van der Waals surface area contributed by atoms with Gasteiger partial charge in [-0.25, -0.2) is 18.4 Å². The topological polar surface area (TPSA) is 104 Å². The van der Waals surface area contributed by atoms with Crippen LogP contribution in [0.15, 0.2) is 83.9 Å². The predicted molar refractivity (Wildman–Crippen MR) is 137 cm³/mol. The van der Waals surface area contributed by atoms with E-state index in [0.29, 0.717) is 42.5 Å². The van der Waals surface area contributed by atoms with E-state index in [9.17, 15) is 13.2 Å². The van der Waals surface area contributed by atoms with Crippen LogP contribution < -0.4 is 10.6 Å². The highest BCUT2D eigenvalue weighted by Gasteiger charge is 2.28. The molecule has 9 heteroatoms. The predicted octanol–water partition coefficient (Wildman–Crippen LogP) is 4.13. The summed E-state index contributed by atoms with van der Waals surface area (Å²) in [6, 6.07) is 22.1. The van der Waals surface area contributed by atoms with Crippen molar-refractivity contribution in [1.82, 2.24) is 14.3 Å². The Morgan fingerprint density at radius 3 is 2.47 bits per heavy atom. The van der Waals surface area contributed by atoms with Crippen molar-refractivity contribution in [1.29, 1.82) is 0 Å². The Morgan fingerprint density at radius 2 is 1.64 bits per heavy atom. The van der Waals surface area contributed by atoms with Crippen molar-refractivity contribution in [2.75, 3.05) is 17.2 Å². The molecule has 6 rings (SSSR count). The van der Waals surface area contributed by atoms with Crippen LogP contribution in [0.25, 0.3) is 11.3 Å². The standard InChI is InChI=1S/C27H23N5O3S/c33-25-15-20-16-28-27(31-26(20)23-7-3-4-8-24(23)30-25)29-21-9-11-22(12-10-21)36(34,35)32-14-13-18-5-1-2-6-19(18)17-32/h1-12,16H,13-15,17H2,(H,30,33)(H,28,29,31). The normalized spacial score (nSPS) is 15.2. The van der Waals surface area contributed by atoms with Crippen molar-refractivity contribution < 1.29 is 13.2 Å². The highest BCUT2D eigenvalue weighted by Crippen LogP contribution is 2.33. The van der Waals surface area contributed by atoms with Crippen LogP contribution in [0.1, 0.15) is 16.7 Å². The minimum absolute atomic E-state index is 0.112. The van der Waals surface area contributed by atoms with Crippen molar-refractivity contribution in [2.24, 2.45) is 0 Å². The minimum atomic E-state index is -3.61. The number of carbonyl (C=O) groups is 1. The summed E-state index contributed by atoms with van der Waals surface area (Å²) in [5, 5.41) is 6.06. The van der Waals surface area contributed by atoms with Crippen LogP contribution in [0.4, 0.5) is 17.3 Å². The van der Waals surface area contributed by atoms with E-state index in [1.54, 1.807) is 30.5 Å². The molecule has 4 aromatic rings. The summed E-state index contributed by atoms with van der Waals surface area (Å²) in [5.41, 5.74) is 5.87. The highest BCUT2D eigenvalue weighted by molar-refractivity contribution is 7.89. The molecule has 0 atom stereocenters. The molecule has 3 heterocycles. The first-order valence-electron chi connectivity index (χ1n) is 11.7. The number of nitrogens with zero attached hydrogens (tertiary/aromatic N) is 3. The lowest BCUT2D eigenvalue weighted by Crippen LogP contribution is -2.35. The number of amides is 1. The summed E-state index contributed by atoms with van der Waals surface area (Å²) >= 11 is 0. The van der Waals surface area contributed by atoms with Gasteiger partial charge in [0.25, 0.3) is 0 Å². The SMILES string of the molecule is O=C1Cc2cnc(Nc3ccc(S(=O)(=O)N4CCc5ccccc5C4)cc3)nc2-c2ccccc2N1.